The summed E-state index contributed by atoms with van der Waals surface area (Å²) < 4.78 is 5.02. The molecule has 0 spiro atoms. The molecule has 1 aromatic rings. The van der Waals surface area contributed by atoms with Crippen LogP contribution >= 0.6 is 0 Å². The lowest BCUT2D eigenvalue weighted by Gasteiger charge is -2.21. The Morgan fingerprint density at radius 1 is 1.47 bits per heavy atom. The van der Waals surface area contributed by atoms with E-state index in [1.165, 1.54) is 25.7 Å². The van der Waals surface area contributed by atoms with Gasteiger partial charge in [-0.1, -0.05) is 18.9 Å². The lowest BCUT2D eigenvalue weighted by molar-refractivity contribution is 0.232. The Bertz CT molecular complexity index is 334. The second-order valence-corrected chi connectivity index (χ2v) is 4.52. The Morgan fingerprint density at radius 2 is 2.24 bits per heavy atom. The highest BCUT2D eigenvalue weighted by Crippen LogP contribution is 2.22. The number of rotatable bonds is 5. The summed E-state index contributed by atoms with van der Waals surface area (Å²) in [6.07, 6.45) is 6.76. The summed E-state index contributed by atoms with van der Waals surface area (Å²) in [5.74, 6) is 0.603. The lowest BCUT2D eigenvalue weighted by Crippen LogP contribution is -2.32. The molecule has 1 fully saturated rings. The van der Waals surface area contributed by atoms with Gasteiger partial charge in [0, 0.05) is 18.3 Å². The first-order valence-electron chi connectivity index (χ1n) is 6.20. The van der Waals surface area contributed by atoms with Gasteiger partial charge in [-0.3, -0.25) is 0 Å². The van der Waals surface area contributed by atoms with Crippen LogP contribution in [0.25, 0.3) is 0 Å². The Morgan fingerprint density at radius 3 is 2.76 bits per heavy atom. The normalized spacial score (nSPS) is 18.2. The van der Waals surface area contributed by atoms with E-state index in [9.17, 15) is 5.11 Å². The van der Waals surface area contributed by atoms with Gasteiger partial charge in [0.2, 0.25) is 5.88 Å². The predicted molar refractivity (Wildman–Crippen MR) is 66.0 cm³/mol. The Balaban J connectivity index is 2.00. The molecule has 1 aliphatic rings. The Labute approximate surface area is 102 Å². The van der Waals surface area contributed by atoms with Crippen LogP contribution in [0.2, 0.25) is 0 Å². The van der Waals surface area contributed by atoms with E-state index in [0.717, 1.165) is 5.56 Å². The molecule has 1 saturated carbocycles. The van der Waals surface area contributed by atoms with Gasteiger partial charge >= 0.3 is 0 Å². The van der Waals surface area contributed by atoms with E-state index >= 15 is 0 Å². The Kier molecular flexibility index (Phi) is 4.34. The largest absolute Gasteiger partial charge is 0.481 e. The molecule has 17 heavy (non-hydrogen) atoms. The van der Waals surface area contributed by atoms with Gasteiger partial charge in [0.25, 0.3) is 0 Å². The molecule has 1 atom stereocenters. The van der Waals surface area contributed by atoms with Crippen molar-refractivity contribution in [3.63, 3.8) is 0 Å². The highest BCUT2D eigenvalue weighted by atomic mass is 16.5. The number of nitrogens with zero attached hydrogens (tertiary/aromatic N) is 1. The summed E-state index contributed by atoms with van der Waals surface area (Å²) in [7, 11) is 1.60. The molecule has 1 aliphatic carbocycles. The van der Waals surface area contributed by atoms with E-state index < -0.39 is 0 Å². The number of aromatic nitrogens is 1. The molecule has 1 heterocycles. The lowest BCUT2D eigenvalue weighted by atomic mass is 10.1. The fraction of sp³-hybridized carbons (Fsp3) is 0.615. The molecule has 1 unspecified atom stereocenters. The average Bonchev–Trinajstić information content (AvgIpc) is 2.89. The van der Waals surface area contributed by atoms with Crippen LogP contribution in [0.4, 0.5) is 0 Å². The van der Waals surface area contributed by atoms with Gasteiger partial charge in [0.05, 0.1) is 19.8 Å². The second kappa shape index (κ2) is 5.98. The third-order valence-corrected chi connectivity index (χ3v) is 3.35. The number of aliphatic hydroxyl groups excluding tert-OH is 1. The first-order chi connectivity index (χ1) is 8.33. The van der Waals surface area contributed by atoms with E-state index in [1.54, 1.807) is 13.3 Å². The topological polar surface area (TPSA) is 54.4 Å². The number of ether oxygens (including phenoxy) is 1. The van der Waals surface area contributed by atoms with Crippen LogP contribution in [0, 0.1) is 0 Å². The molecule has 4 heteroatoms. The smallest absolute Gasteiger partial charge is 0.212 e. The zero-order valence-corrected chi connectivity index (χ0v) is 10.2. The van der Waals surface area contributed by atoms with E-state index in [4.69, 9.17) is 4.74 Å². The molecule has 1 aromatic heterocycles. The number of pyridine rings is 1. The maximum absolute atomic E-state index is 9.44. The van der Waals surface area contributed by atoms with Crippen LogP contribution in [0.3, 0.4) is 0 Å². The third-order valence-electron chi connectivity index (χ3n) is 3.35. The average molecular weight is 236 g/mol. The molecule has 4 nitrogen and oxygen atoms in total. The van der Waals surface area contributed by atoms with Crippen molar-refractivity contribution in [3.8, 4) is 5.88 Å². The molecular weight excluding hydrogens is 216 g/mol. The van der Waals surface area contributed by atoms with Gasteiger partial charge in [-0.2, -0.15) is 0 Å². The fourth-order valence-electron chi connectivity index (χ4n) is 2.35. The van der Waals surface area contributed by atoms with Crippen molar-refractivity contribution in [1.29, 1.82) is 0 Å². The summed E-state index contributed by atoms with van der Waals surface area (Å²) in [5.41, 5.74) is 1.01. The first kappa shape index (κ1) is 12.3. The molecule has 0 radical (unpaired) electrons. The van der Waals surface area contributed by atoms with Gasteiger partial charge < -0.3 is 15.2 Å². The summed E-state index contributed by atoms with van der Waals surface area (Å²) in [6, 6.07) is 4.30. The maximum Gasteiger partial charge on any atom is 0.212 e. The number of aliphatic hydroxyl groups is 1. The maximum atomic E-state index is 9.44. The van der Waals surface area contributed by atoms with Crippen molar-refractivity contribution in [1.82, 2.24) is 10.3 Å². The number of methoxy groups -OCH3 is 1. The van der Waals surface area contributed by atoms with Crippen LogP contribution in [0.15, 0.2) is 18.3 Å². The molecule has 0 saturated heterocycles. The monoisotopic (exact) mass is 236 g/mol. The third kappa shape index (κ3) is 3.17. The summed E-state index contributed by atoms with van der Waals surface area (Å²) >= 11 is 0. The second-order valence-electron chi connectivity index (χ2n) is 4.52. The molecule has 0 aliphatic heterocycles. The Hall–Kier alpha value is -1.13. The minimum Gasteiger partial charge on any atom is -0.481 e. The quantitative estimate of drug-likeness (QED) is 0.816. The molecule has 0 bridgehead atoms. The summed E-state index contributed by atoms with van der Waals surface area (Å²) in [6.45, 7) is 0.102. The van der Waals surface area contributed by atoms with Gasteiger partial charge in [-0.25, -0.2) is 4.98 Å². The zero-order chi connectivity index (χ0) is 12.1. The van der Waals surface area contributed by atoms with Crippen molar-refractivity contribution in [2.24, 2.45) is 0 Å². The van der Waals surface area contributed by atoms with Crippen LogP contribution in [-0.4, -0.2) is 29.8 Å². The van der Waals surface area contributed by atoms with Crippen LogP contribution in [-0.2, 0) is 0 Å². The van der Waals surface area contributed by atoms with Gasteiger partial charge in [-0.05, 0) is 18.4 Å². The molecule has 0 aromatic carbocycles. The standard InChI is InChI=1S/C13H20N2O2/c1-17-13-7-6-10(8-14-13)12(9-16)15-11-4-2-3-5-11/h6-8,11-12,15-16H,2-5,9H2,1H3. The highest BCUT2D eigenvalue weighted by Gasteiger charge is 2.19. The molecule has 2 rings (SSSR count). The van der Waals surface area contributed by atoms with Crippen molar-refractivity contribution in [2.45, 2.75) is 37.8 Å². The van der Waals surface area contributed by atoms with Crippen molar-refractivity contribution in [3.05, 3.63) is 23.9 Å². The van der Waals surface area contributed by atoms with Crippen molar-refractivity contribution in [2.75, 3.05) is 13.7 Å². The van der Waals surface area contributed by atoms with Crippen LogP contribution in [0.5, 0.6) is 5.88 Å². The fourth-order valence-corrected chi connectivity index (χ4v) is 2.35. The van der Waals surface area contributed by atoms with E-state index in [2.05, 4.69) is 10.3 Å². The summed E-state index contributed by atoms with van der Waals surface area (Å²) in [4.78, 5) is 4.17. The predicted octanol–water partition coefficient (Wildman–Crippen LogP) is 1.66. The molecule has 0 amide bonds. The van der Waals surface area contributed by atoms with Crippen LogP contribution < -0.4 is 10.1 Å². The van der Waals surface area contributed by atoms with Crippen LogP contribution in [0.1, 0.15) is 37.3 Å². The number of hydrogen-bond donors (Lipinski definition) is 2. The van der Waals surface area contributed by atoms with Crippen molar-refractivity contribution < 1.29 is 9.84 Å². The molecular formula is C13H20N2O2. The van der Waals surface area contributed by atoms with Gasteiger partial charge in [-0.15, -0.1) is 0 Å². The van der Waals surface area contributed by atoms with Gasteiger partial charge in [0.15, 0.2) is 0 Å². The minimum absolute atomic E-state index is 0.0171. The van der Waals surface area contributed by atoms with E-state index in [1.807, 2.05) is 12.1 Å². The van der Waals surface area contributed by atoms with E-state index in [-0.39, 0.29) is 12.6 Å². The molecule has 2 N–H and O–H groups in total. The van der Waals surface area contributed by atoms with E-state index in [0.29, 0.717) is 11.9 Å². The minimum atomic E-state index is -0.0171. The first-order valence-corrected chi connectivity index (χ1v) is 6.20. The van der Waals surface area contributed by atoms with Gasteiger partial charge in [0.1, 0.15) is 0 Å². The highest BCUT2D eigenvalue weighted by molar-refractivity contribution is 5.21. The molecule has 94 valence electrons. The SMILES string of the molecule is COc1ccc(C(CO)NC2CCCC2)cn1. The zero-order valence-electron chi connectivity index (χ0n) is 10.2. The number of hydrogen-bond acceptors (Lipinski definition) is 4. The summed E-state index contributed by atoms with van der Waals surface area (Å²) in [5, 5.41) is 12.9. The van der Waals surface area contributed by atoms with Crippen molar-refractivity contribution >= 4 is 0 Å². The number of nitrogens with one attached hydrogen (secondary N) is 1.